The molecule has 5 nitrogen and oxygen atoms in total. The number of carboxylic acid groups (broad SMARTS) is 1. The van der Waals surface area contributed by atoms with E-state index in [1.54, 1.807) is 36.4 Å². The summed E-state index contributed by atoms with van der Waals surface area (Å²) in [5.41, 5.74) is 0. The van der Waals surface area contributed by atoms with Crippen LogP contribution in [0.15, 0.2) is 0 Å². The van der Waals surface area contributed by atoms with Gasteiger partial charge in [-0.15, -0.1) is 0 Å². The lowest BCUT2D eigenvalue weighted by atomic mass is 9.98. The van der Waals surface area contributed by atoms with E-state index in [1.165, 1.54) is 0 Å². The van der Waals surface area contributed by atoms with Crippen LogP contribution in [-0.4, -0.2) is 45.5 Å². The molecule has 0 saturated carbocycles. The Bertz CT molecular complexity index is 388. The van der Waals surface area contributed by atoms with Gasteiger partial charge in [0, 0.05) is 0 Å². The average Bonchev–Trinajstić information content (AvgIpc) is 2.33. The van der Waals surface area contributed by atoms with E-state index in [4.69, 9.17) is 16.7 Å². The highest BCUT2D eigenvalue weighted by Gasteiger charge is 2.78. The first-order valence-corrected chi connectivity index (χ1v) is 7.14. The second-order valence-corrected chi connectivity index (χ2v) is 9.36. The van der Waals surface area contributed by atoms with E-state index in [9.17, 15) is 14.1 Å². The summed E-state index contributed by atoms with van der Waals surface area (Å²) in [5.74, 6) is -1.61. The molecule has 1 amide bonds. The fraction of sp³-hybridized carbons (Fsp3) is 0.750. The van der Waals surface area contributed by atoms with Gasteiger partial charge in [-0.25, -0.2) is 4.79 Å². The van der Waals surface area contributed by atoms with E-state index in [2.05, 4.69) is 0 Å². The van der Waals surface area contributed by atoms with Crippen LogP contribution < -0.4 is 0 Å². The predicted octanol–water partition coefficient (Wildman–Crippen LogP) is 0.519. The van der Waals surface area contributed by atoms with Gasteiger partial charge < -0.3 is 9.66 Å². The second kappa shape index (κ2) is 3.39. The van der Waals surface area contributed by atoms with Crippen LogP contribution in [-0.2, 0) is 20.8 Å². The van der Waals surface area contributed by atoms with Gasteiger partial charge in [-0.05, 0) is 47.6 Å². The predicted molar refractivity (Wildman–Crippen MR) is 66.9 cm³/mol. The van der Waals surface area contributed by atoms with E-state index < -0.39 is 42.1 Å². The van der Waals surface area contributed by atoms with Crippen LogP contribution in [0.4, 0.5) is 0 Å². The number of carboxylic acids is 1. The molecule has 1 unspecified atom stereocenters. The zero-order valence-corrected chi connectivity index (χ0v) is 12.2. The Balaban J connectivity index is 2.46. The van der Waals surface area contributed by atoms with Crippen molar-refractivity contribution in [3.05, 3.63) is 0 Å². The summed E-state index contributed by atoms with van der Waals surface area (Å²) in [4.78, 5) is 24.0. The van der Waals surface area contributed by atoms with Crippen molar-refractivity contribution in [2.45, 2.75) is 32.9 Å². The minimum Gasteiger partial charge on any atom is -0.614 e. The smallest absolute Gasteiger partial charge is 0.332 e. The van der Waals surface area contributed by atoms with Crippen molar-refractivity contribution >= 4 is 57.2 Å². The molecule has 2 fully saturated rings. The van der Waals surface area contributed by atoms with Crippen molar-refractivity contribution in [2.24, 2.45) is 0 Å². The molecule has 0 aromatic rings. The number of halogens is 2. The van der Waals surface area contributed by atoms with Crippen molar-refractivity contribution < 1.29 is 19.2 Å². The van der Waals surface area contributed by atoms with Crippen molar-refractivity contribution in [2.75, 3.05) is 0 Å². The molecule has 2 saturated heterocycles. The summed E-state index contributed by atoms with van der Waals surface area (Å²) in [6, 6.07) is -1.06. The maximum absolute atomic E-state index is 12.1. The highest BCUT2D eigenvalue weighted by Crippen LogP contribution is 2.55. The SMILES string of the molecule is CC1(C)[C@H](C(=O)O)N2C(=O)[C@@](Cl)(I)[C@H]2[S+]1[O-]. The summed E-state index contributed by atoms with van der Waals surface area (Å²) in [6.07, 6.45) is 0. The Morgan fingerprint density at radius 2 is 2.19 bits per heavy atom. The van der Waals surface area contributed by atoms with Gasteiger partial charge in [0.25, 0.3) is 5.91 Å². The second-order valence-electron chi connectivity index (χ2n) is 4.33. The Morgan fingerprint density at radius 3 is 2.62 bits per heavy atom. The Hall–Kier alpha value is 0.270. The van der Waals surface area contributed by atoms with E-state index in [0.717, 1.165) is 4.90 Å². The van der Waals surface area contributed by atoms with Crippen molar-refractivity contribution in [3.8, 4) is 0 Å². The number of hydrogen-bond acceptors (Lipinski definition) is 3. The van der Waals surface area contributed by atoms with Gasteiger partial charge in [0.15, 0.2) is 10.8 Å². The summed E-state index contributed by atoms with van der Waals surface area (Å²) >= 11 is 6.20. The van der Waals surface area contributed by atoms with Gasteiger partial charge in [0.2, 0.25) is 8.25 Å². The van der Waals surface area contributed by atoms with E-state index in [-0.39, 0.29) is 0 Å². The minimum absolute atomic E-state index is 0.467. The van der Waals surface area contributed by atoms with Crippen LogP contribution in [0, 0.1) is 0 Å². The van der Waals surface area contributed by atoms with Gasteiger partial charge in [-0.2, -0.15) is 0 Å². The molecule has 4 atom stereocenters. The third kappa shape index (κ3) is 1.28. The molecule has 1 N–H and O–H groups in total. The number of hydrogen-bond donors (Lipinski definition) is 1. The molecule has 0 aromatic heterocycles. The fourth-order valence-corrected chi connectivity index (χ4v) is 5.65. The molecule has 0 bridgehead atoms. The zero-order chi connectivity index (χ0) is 12.5. The Morgan fingerprint density at radius 1 is 1.69 bits per heavy atom. The number of amides is 1. The van der Waals surface area contributed by atoms with Gasteiger partial charge in [0.05, 0.1) is 0 Å². The monoisotopic (exact) mass is 377 g/mol. The standard InChI is InChI=1S/C8H9ClINO4S/c1-7(2)3(4(12)13)11-5(14)8(9,10)6(11)16(7)15/h3,6H,1-2H3,(H,12,13)/t3-,6+,8+,16?/m0/s1. The largest absolute Gasteiger partial charge is 0.614 e. The number of carbonyl (C=O) groups is 2. The average molecular weight is 378 g/mol. The summed E-state index contributed by atoms with van der Waals surface area (Å²) in [7, 11) is 0. The van der Waals surface area contributed by atoms with Gasteiger partial charge in [-0.1, -0.05) is 11.6 Å². The van der Waals surface area contributed by atoms with Crippen molar-refractivity contribution in [3.63, 3.8) is 0 Å². The Labute approximate surface area is 114 Å². The zero-order valence-electron chi connectivity index (χ0n) is 8.44. The third-order valence-electron chi connectivity index (χ3n) is 2.97. The molecule has 0 aromatic carbocycles. The van der Waals surface area contributed by atoms with E-state index >= 15 is 0 Å². The third-order valence-corrected chi connectivity index (χ3v) is 7.19. The molecular weight excluding hydrogens is 369 g/mol. The lowest BCUT2D eigenvalue weighted by Gasteiger charge is -2.43. The van der Waals surface area contributed by atoms with Gasteiger partial charge in [-0.3, -0.25) is 9.69 Å². The number of fused-ring (bicyclic) bond motifs is 1. The lowest BCUT2D eigenvalue weighted by molar-refractivity contribution is -0.157. The number of rotatable bonds is 1. The molecule has 2 aliphatic rings. The Kier molecular flexibility index (Phi) is 2.70. The van der Waals surface area contributed by atoms with Crippen molar-refractivity contribution in [1.29, 1.82) is 0 Å². The van der Waals surface area contributed by atoms with Crippen molar-refractivity contribution in [1.82, 2.24) is 4.90 Å². The number of nitrogens with zero attached hydrogens (tertiary/aromatic N) is 1. The fourth-order valence-electron chi connectivity index (χ4n) is 2.13. The normalized spacial score (nSPS) is 45.2. The highest BCUT2D eigenvalue weighted by atomic mass is 127. The molecule has 8 heteroatoms. The van der Waals surface area contributed by atoms with Crippen LogP contribution in [0.3, 0.4) is 0 Å². The lowest BCUT2D eigenvalue weighted by Crippen LogP contribution is -2.69. The van der Waals surface area contributed by atoms with Crippen LogP contribution in [0.25, 0.3) is 0 Å². The topological polar surface area (TPSA) is 80.7 Å². The highest BCUT2D eigenvalue weighted by molar-refractivity contribution is 14.1. The molecule has 90 valence electrons. The quantitative estimate of drug-likeness (QED) is 0.313. The number of carbonyl (C=O) groups excluding carboxylic acids is 1. The van der Waals surface area contributed by atoms with Gasteiger partial charge >= 0.3 is 5.97 Å². The molecule has 2 heterocycles. The summed E-state index contributed by atoms with van der Waals surface area (Å²) < 4.78 is 9.89. The molecule has 0 aliphatic carbocycles. The first kappa shape index (κ1) is 12.7. The molecule has 16 heavy (non-hydrogen) atoms. The van der Waals surface area contributed by atoms with Gasteiger partial charge in [0.1, 0.15) is 0 Å². The van der Waals surface area contributed by atoms with E-state index in [1.807, 2.05) is 0 Å². The molecule has 2 rings (SSSR count). The van der Waals surface area contributed by atoms with Crippen LogP contribution in [0.1, 0.15) is 13.8 Å². The summed E-state index contributed by atoms with van der Waals surface area (Å²) in [5, 5.41) is 8.39. The maximum Gasteiger partial charge on any atom is 0.332 e. The van der Waals surface area contributed by atoms with Crippen LogP contribution in [0.5, 0.6) is 0 Å². The number of β-lactam (4-membered cyclic amide) rings is 1. The van der Waals surface area contributed by atoms with Crippen LogP contribution >= 0.6 is 34.2 Å². The first-order chi connectivity index (χ1) is 7.13. The first-order valence-electron chi connectivity index (χ1n) is 4.47. The molecule has 2 aliphatic heterocycles. The summed E-state index contributed by atoms with van der Waals surface area (Å²) in [6.45, 7) is 3.16. The minimum atomic E-state index is -1.48. The number of aliphatic carboxylic acids is 1. The molecular formula is C8H9ClINO4S. The maximum atomic E-state index is 12.1. The molecule has 0 spiro atoms. The molecule has 0 radical (unpaired) electrons. The van der Waals surface area contributed by atoms with E-state index in [0.29, 0.717) is 0 Å². The number of alkyl halides is 2. The van der Waals surface area contributed by atoms with Crippen LogP contribution in [0.2, 0.25) is 0 Å².